The van der Waals surface area contributed by atoms with Gasteiger partial charge in [-0.25, -0.2) is 8.42 Å². The molecule has 10 heteroatoms. The van der Waals surface area contributed by atoms with Gasteiger partial charge in [-0.2, -0.15) is 0 Å². The molecule has 2 aliphatic rings. The van der Waals surface area contributed by atoms with Crippen LogP contribution in [0.3, 0.4) is 0 Å². The first kappa shape index (κ1) is 32.3. The van der Waals surface area contributed by atoms with E-state index in [4.69, 9.17) is 9.47 Å². The van der Waals surface area contributed by atoms with Gasteiger partial charge in [0.1, 0.15) is 6.04 Å². The summed E-state index contributed by atoms with van der Waals surface area (Å²) in [4.78, 5) is 29.8. The van der Waals surface area contributed by atoms with Crippen molar-refractivity contribution < 1.29 is 27.5 Å². The van der Waals surface area contributed by atoms with Crippen LogP contribution in [0.15, 0.2) is 72.8 Å². The van der Waals surface area contributed by atoms with Crippen molar-refractivity contribution in [2.45, 2.75) is 76.9 Å². The highest BCUT2D eigenvalue weighted by Gasteiger charge is 2.32. The molecule has 3 aromatic rings. The first-order chi connectivity index (χ1) is 21.7. The van der Waals surface area contributed by atoms with Gasteiger partial charge in [-0.3, -0.25) is 13.9 Å². The predicted octanol–water partition coefficient (Wildman–Crippen LogP) is 5.36. The van der Waals surface area contributed by atoms with Gasteiger partial charge in [0.25, 0.3) is 0 Å². The lowest BCUT2D eigenvalue weighted by molar-refractivity contribution is -0.141. The molecule has 0 bridgehead atoms. The Balaban J connectivity index is 1.38. The Morgan fingerprint density at radius 1 is 0.911 bits per heavy atom. The van der Waals surface area contributed by atoms with E-state index in [2.05, 4.69) is 5.32 Å². The summed E-state index contributed by atoms with van der Waals surface area (Å²) >= 11 is 0. The molecule has 1 aliphatic heterocycles. The first-order valence-corrected chi connectivity index (χ1v) is 17.6. The molecule has 240 valence electrons. The molecule has 0 spiro atoms. The third-order valence-corrected chi connectivity index (χ3v) is 9.65. The first-order valence-electron chi connectivity index (χ1n) is 15.7. The van der Waals surface area contributed by atoms with Gasteiger partial charge in [0, 0.05) is 38.0 Å². The zero-order chi connectivity index (χ0) is 31.8. The van der Waals surface area contributed by atoms with Gasteiger partial charge in [0.15, 0.2) is 11.5 Å². The van der Waals surface area contributed by atoms with E-state index in [1.807, 2.05) is 61.5 Å². The molecular weight excluding hydrogens is 590 g/mol. The summed E-state index contributed by atoms with van der Waals surface area (Å²) in [5, 5.41) is 3.27. The van der Waals surface area contributed by atoms with Crippen LogP contribution in [0, 0.1) is 6.92 Å². The van der Waals surface area contributed by atoms with Crippen molar-refractivity contribution in [3.05, 3.63) is 89.5 Å². The Kier molecular flexibility index (Phi) is 10.7. The number of amides is 2. The number of hydrogen-bond acceptors (Lipinski definition) is 6. The molecule has 1 N–H and O–H groups in total. The molecular formula is C35H43N3O6S. The SMILES string of the molecule is Cc1cccc(CN(C(=O)CCCN(c2ccc3c(c2)OCO3)S(C)(=O)=O)[C@@H](Cc2ccccc2)C(=O)NC2CCCCC2)c1. The van der Waals surface area contributed by atoms with Crippen molar-refractivity contribution in [1.29, 1.82) is 0 Å². The van der Waals surface area contributed by atoms with E-state index in [1.54, 1.807) is 23.1 Å². The van der Waals surface area contributed by atoms with E-state index in [-0.39, 0.29) is 50.6 Å². The third kappa shape index (κ3) is 8.78. The average molecular weight is 634 g/mol. The zero-order valence-corrected chi connectivity index (χ0v) is 26.9. The van der Waals surface area contributed by atoms with Crippen molar-refractivity contribution in [2.75, 3.05) is 23.9 Å². The zero-order valence-electron chi connectivity index (χ0n) is 26.1. The van der Waals surface area contributed by atoms with E-state index in [1.165, 1.54) is 10.7 Å². The maximum atomic E-state index is 14.1. The molecule has 1 aliphatic carbocycles. The van der Waals surface area contributed by atoms with Crippen LogP contribution in [0.25, 0.3) is 0 Å². The summed E-state index contributed by atoms with van der Waals surface area (Å²) < 4.78 is 37.7. The van der Waals surface area contributed by atoms with E-state index in [0.717, 1.165) is 48.6 Å². The van der Waals surface area contributed by atoms with Crippen LogP contribution >= 0.6 is 0 Å². The minimum absolute atomic E-state index is 0.0738. The molecule has 2 amide bonds. The second-order valence-electron chi connectivity index (χ2n) is 12.0. The van der Waals surface area contributed by atoms with Crippen molar-refractivity contribution in [2.24, 2.45) is 0 Å². The maximum absolute atomic E-state index is 14.1. The monoisotopic (exact) mass is 633 g/mol. The summed E-state index contributed by atoms with van der Waals surface area (Å²) in [6.45, 7) is 2.46. The van der Waals surface area contributed by atoms with E-state index in [9.17, 15) is 18.0 Å². The number of carbonyl (C=O) groups is 2. The number of nitrogens with zero attached hydrogens (tertiary/aromatic N) is 2. The Hall–Kier alpha value is -4.05. The number of carbonyl (C=O) groups excluding carboxylic acids is 2. The molecule has 0 unspecified atom stereocenters. The van der Waals surface area contributed by atoms with Gasteiger partial charge >= 0.3 is 0 Å². The fourth-order valence-corrected chi connectivity index (χ4v) is 7.11. The summed E-state index contributed by atoms with van der Waals surface area (Å²) in [6, 6.07) is 22.1. The quantitative estimate of drug-likeness (QED) is 0.272. The molecule has 1 heterocycles. The highest BCUT2D eigenvalue weighted by molar-refractivity contribution is 7.92. The standard InChI is InChI=1S/C35H43N3O6S/c1-26-11-9-14-28(21-26)24-37(31(22-27-12-5-3-6-13-27)35(40)36-29-15-7-4-8-16-29)34(39)17-10-20-38(45(2,41)42)30-18-19-32-33(23-30)44-25-43-32/h3,5-6,9,11-14,18-19,21,23,29,31H,4,7-8,10,15-17,20,22,24-25H2,1-2H3,(H,36,40)/t31-/m0/s1. The minimum atomic E-state index is -3.65. The second-order valence-corrected chi connectivity index (χ2v) is 13.9. The summed E-state index contributed by atoms with van der Waals surface area (Å²) in [5.41, 5.74) is 3.41. The highest BCUT2D eigenvalue weighted by Crippen LogP contribution is 2.36. The topological polar surface area (TPSA) is 105 Å². The number of nitrogens with one attached hydrogen (secondary N) is 1. The van der Waals surface area contributed by atoms with Gasteiger partial charge in [-0.05, 0) is 49.4 Å². The summed E-state index contributed by atoms with van der Waals surface area (Å²) in [7, 11) is -3.65. The molecule has 3 aromatic carbocycles. The predicted molar refractivity (Wildman–Crippen MR) is 175 cm³/mol. The number of rotatable bonds is 13. The fourth-order valence-electron chi connectivity index (χ4n) is 6.15. The number of hydrogen-bond donors (Lipinski definition) is 1. The van der Waals surface area contributed by atoms with Gasteiger partial charge in [0.2, 0.25) is 28.6 Å². The Labute approximate surface area is 266 Å². The van der Waals surface area contributed by atoms with Crippen LogP contribution in [-0.2, 0) is 32.6 Å². The molecule has 9 nitrogen and oxygen atoms in total. The number of ether oxygens (including phenoxy) is 2. The third-order valence-electron chi connectivity index (χ3n) is 8.45. The number of anilines is 1. The van der Waals surface area contributed by atoms with E-state index < -0.39 is 16.1 Å². The minimum Gasteiger partial charge on any atom is -0.454 e. The lowest BCUT2D eigenvalue weighted by Crippen LogP contribution is -2.53. The molecule has 1 saturated carbocycles. The molecule has 1 fully saturated rings. The highest BCUT2D eigenvalue weighted by atomic mass is 32.2. The van der Waals surface area contributed by atoms with Crippen molar-refractivity contribution in [3.8, 4) is 11.5 Å². The maximum Gasteiger partial charge on any atom is 0.243 e. The Morgan fingerprint density at radius 3 is 2.38 bits per heavy atom. The van der Waals surface area contributed by atoms with E-state index >= 15 is 0 Å². The van der Waals surface area contributed by atoms with E-state index in [0.29, 0.717) is 23.6 Å². The van der Waals surface area contributed by atoms with Gasteiger partial charge in [-0.1, -0.05) is 79.4 Å². The van der Waals surface area contributed by atoms with Crippen LogP contribution in [0.4, 0.5) is 5.69 Å². The molecule has 0 aromatic heterocycles. The van der Waals surface area contributed by atoms with Crippen molar-refractivity contribution in [1.82, 2.24) is 10.2 Å². The normalized spacial score (nSPS) is 15.3. The average Bonchev–Trinajstić information content (AvgIpc) is 3.49. The van der Waals surface area contributed by atoms with Crippen LogP contribution < -0.4 is 19.1 Å². The van der Waals surface area contributed by atoms with Crippen molar-refractivity contribution >= 4 is 27.5 Å². The van der Waals surface area contributed by atoms with Crippen LogP contribution in [0.2, 0.25) is 0 Å². The number of fused-ring (bicyclic) bond motifs is 1. The lowest BCUT2D eigenvalue weighted by Gasteiger charge is -2.34. The van der Waals surface area contributed by atoms with Gasteiger partial charge < -0.3 is 19.7 Å². The largest absolute Gasteiger partial charge is 0.454 e. The Morgan fingerprint density at radius 2 is 1.64 bits per heavy atom. The fraction of sp³-hybridized carbons (Fsp3) is 0.429. The number of aryl methyl sites for hydroxylation is 1. The van der Waals surface area contributed by atoms with Gasteiger partial charge in [-0.15, -0.1) is 0 Å². The number of benzene rings is 3. The molecule has 5 rings (SSSR count). The lowest BCUT2D eigenvalue weighted by atomic mass is 9.94. The van der Waals surface area contributed by atoms with Crippen molar-refractivity contribution in [3.63, 3.8) is 0 Å². The summed E-state index contributed by atoms with van der Waals surface area (Å²) in [5.74, 6) is 0.694. The van der Waals surface area contributed by atoms with Crippen LogP contribution in [0.5, 0.6) is 11.5 Å². The smallest absolute Gasteiger partial charge is 0.243 e. The number of sulfonamides is 1. The summed E-state index contributed by atoms with van der Waals surface area (Å²) in [6.07, 6.45) is 7.10. The Bertz CT molecular complexity index is 1570. The van der Waals surface area contributed by atoms with Crippen LogP contribution in [-0.4, -0.2) is 56.8 Å². The molecule has 45 heavy (non-hydrogen) atoms. The van der Waals surface area contributed by atoms with Gasteiger partial charge in [0.05, 0.1) is 11.9 Å². The molecule has 0 saturated heterocycles. The molecule has 0 radical (unpaired) electrons. The molecule has 1 atom stereocenters. The second kappa shape index (κ2) is 14.8. The van der Waals surface area contributed by atoms with Crippen LogP contribution in [0.1, 0.15) is 61.6 Å².